The van der Waals surface area contributed by atoms with Crippen LogP contribution < -0.4 is 9.62 Å². The molecule has 170 valence electrons. The topological polar surface area (TPSA) is 127 Å². The zero-order chi connectivity index (χ0) is 22.9. The van der Waals surface area contributed by atoms with Crippen molar-refractivity contribution in [3.05, 3.63) is 59.7 Å². The van der Waals surface area contributed by atoms with Crippen LogP contribution in [0.25, 0.3) is 0 Å². The fraction of sp³-hybridized carbons (Fsp3) is 0.333. The molecule has 32 heavy (non-hydrogen) atoms. The lowest BCUT2D eigenvalue weighted by molar-refractivity contribution is -0.124. The summed E-state index contributed by atoms with van der Waals surface area (Å²) < 4.78 is 55.5. The Balaban J connectivity index is 1.41. The number of nitrogens with one attached hydrogen (secondary N) is 1. The number of anilines is 1. The first-order valence-corrected chi connectivity index (χ1v) is 13.3. The fourth-order valence-corrected chi connectivity index (χ4v) is 7.08. The molecule has 1 amide bonds. The van der Waals surface area contributed by atoms with Crippen molar-refractivity contribution in [2.75, 3.05) is 29.0 Å². The molecule has 2 aliphatic rings. The molecule has 0 aromatic heterocycles. The third kappa shape index (κ3) is 4.63. The number of sulfone groups is 1. The number of fused-ring (bicyclic) bond motifs is 1. The SMILES string of the molecule is O=C(COC(=O)c1cccc(S(=O)(=O)N2CCc3ccccc32)c1)N[C@H]1CCS(=O)(=O)C1. The van der Waals surface area contributed by atoms with Crippen molar-refractivity contribution in [2.45, 2.75) is 23.8 Å². The van der Waals surface area contributed by atoms with E-state index in [1.54, 1.807) is 12.1 Å². The summed E-state index contributed by atoms with van der Waals surface area (Å²) in [6.45, 7) is -0.279. The Morgan fingerprint density at radius 2 is 1.91 bits per heavy atom. The van der Waals surface area contributed by atoms with Gasteiger partial charge >= 0.3 is 5.97 Å². The molecule has 1 atom stereocenters. The van der Waals surface area contributed by atoms with Gasteiger partial charge < -0.3 is 10.1 Å². The van der Waals surface area contributed by atoms with Gasteiger partial charge in [0.2, 0.25) is 0 Å². The van der Waals surface area contributed by atoms with Gasteiger partial charge in [0, 0.05) is 12.6 Å². The summed E-state index contributed by atoms with van der Waals surface area (Å²) in [6.07, 6.45) is 0.927. The van der Waals surface area contributed by atoms with E-state index in [0.717, 1.165) is 5.56 Å². The van der Waals surface area contributed by atoms with Gasteiger partial charge in [0.25, 0.3) is 15.9 Å². The Kier molecular flexibility index (Phi) is 5.95. The molecule has 0 radical (unpaired) electrons. The summed E-state index contributed by atoms with van der Waals surface area (Å²) in [5, 5.41) is 2.53. The Labute approximate surface area is 186 Å². The van der Waals surface area contributed by atoms with Crippen molar-refractivity contribution in [3.63, 3.8) is 0 Å². The smallest absolute Gasteiger partial charge is 0.338 e. The number of hydrogen-bond donors (Lipinski definition) is 1. The Bertz CT molecular complexity index is 1270. The Hall–Kier alpha value is -2.92. The van der Waals surface area contributed by atoms with Gasteiger partial charge in [-0.05, 0) is 42.7 Å². The van der Waals surface area contributed by atoms with Crippen molar-refractivity contribution in [3.8, 4) is 0 Å². The van der Waals surface area contributed by atoms with E-state index in [0.29, 0.717) is 25.1 Å². The van der Waals surface area contributed by atoms with Gasteiger partial charge in [-0.2, -0.15) is 0 Å². The second kappa shape index (κ2) is 8.55. The number of ether oxygens (including phenoxy) is 1. The van der Waals surface area contributed by atoms with Crippen molar-refractivity contribution in [1.82, 2.24) is 5.32 Å². The van der Waals surface area contributed by atoms with Crippen molar-refractivity contribution in [1.29, 1.82) is 0 Å². The highest BCUT2D eigenvalue weighted by molar-refractivity contribution is 7.93. The number of hydrogen-bond acceptors (Lipinski definition) is 7. The van der Waals surface area contributed by atoms with E-state index < -0.39 is 44.4 Å². The molecule has 0 bridgehead atoms. The average Bonchev–Trinajstić information content (AvgIpc) is 3.35. The van der Waals surface area contributed by atoms with Crippen LogP contribution in [-0.4, -0.2) is 59.4 Å². The van der Waals surface area contributed by atoms with E-state index >= 15 is 0 Å². The number of sulfonamides is 1. The van der Waals surface area contributed by atoms with E-state index in [1.807, 2.05) is 12.1 Å². The molecule has 4 rings (SSSR count). The predicted molar refractivity (Wildman–Crippen MR) is 117 cm³/mol. The molecule has 0 unspecified atom stereocenters. The Morgan fingerprint density at radius 3 is 2.66 bits per heavy atom. The molecule has 9 nitrogen and oxygen atoms in total. The molecule has 2 aromatic rings. The van der Waals surface area contributed by atoms with Gasteiger partial charge in [-0.1, -0.05) is 24.3 Å². The maximum Gasteiger partial charge on any atom is 0.338 e. The van der Waals surface area contributed by atoms with Gasteiger partial charge in [-0.25, -0.2) is 21.6 Å². The van der Waals surface area contributed by atoms with Crippen molar-refractivity contribution in [2.24, 2.45) is 0 Å². The zero-order valence-corrected chi connectivity index (χ0v) is 18.7. The van der Waals surface area contributed by atoms with Gasteiger partial charge in [0.1, 0.15) is 0 Å². The van der Waals surface area contributed by atoms with Crippen LogP contribution in [0, 0.1) is 0 Å². The summed E-state index contributed by atoms with van der Waals surface area (Å²) in [7, 11) is -7.02. The molecule has 2 heterocycles. The van der Waals surface area contributed by atoms with Crippen LogP contribution in [0.5, 0.6) is 0 Å². The molecule has 0 aliphatic carbocycles. The molecular weight excluding hydrogens is 456 g/mol. The molecule has 2 aromatic carbocycles. The molecule has 0 spiro atoms. The summed E-state index contributed by atoms with van der Waals surface area (Å²) in [6, 6.07) is 12.2. The predicted octanol–water partition coefficient (Wildman–Crippen LogP) is 0.898. The minimum Gasteiger partial charge on any atom is -0.452 e. The second-order valence-electron chi connectivity index (χ2n) is 7.73. The van der Waals surface area contributed by atoms with Crippen LogP contribution in [0.15, 0.2) is 53.4 Å². The second-order valence-corrected chi connectivity index (χ2v) is 11.8. The summed E-state index contributed by atoms with van der Waals surface area (Å²) in [5.74, 6) is -1.58. The first-order valence-electron chi connectivity index (χ1n) is 10.0. The maximum atomic E-state index is 13.1. The number of carbonyl (C=O) groups excluding carboxylic acids is 2. The van der Waals surface area contributed by atoms with Crippen LogP contribution in [-0.2, 0) is 35.8 Å². The van der Waals surface area contributed by atoms with Crippen LogP contribution in [0.1, 0.15) is 22.3 Å². The third-order valence-corrected chi connectivity index (χ3v) is 9.01. The first-order chi connectivity index (χ1) is 15.2. The number of amides is 1. The number of para-hydroxylation sites is 1. The van der Waals surface area contributed by atoms with Gasteiger partial charge in [-0.15, -0.1) is 0 Å². The van der Waals surface area contributed by atoms with E-state index in [2.05, 4.69) is 5.32 Å². The zero-order valence-electron chi connectivity index (χ0n) is 17.1. The fourth-order valence-electron chi connectivity index (χ4n) is 3.86. The molecular formula is C21H22N2O7S2. The highest BCUT2D eigenvalue weighted by Gasteiger charge is 2.31. The molecule has 1 fully saturated rings. The van der Waals surface area contributed by atoms with E-state index in [9.17, 15) is 26.4 Å². The molecule has 1 N–H and O–H groups in total. The van der Waals surface area contributed by atoms with Crippen LogP contribution in [0.2, 0.25) is 0 Å². The largest absolute Gasteiger partial charge is 0.452 e. The number of benzene rings is 2. The Morgan fingerprint density at radius 1 is 1.12 bits per heavy atom. The van der Waals surface area contributed by atoms with Crippen LogP contribution in [0.3, 0.4) is 0 Å². The minimum absolute atomic E-state index is 0.00481. The lowest BCUT2D eigenvalue weighted by Gasteiger charge is -2.19. The summed E-state index contributed by atoms with van der Waals surface area (Å²) in [4.78, 5) is 24.3. The number of carbonyl (C=O) groups is 2. The van der Waals surface area contributed by atoms with E-state index in [1.165, 1.54) is 28.6 Å². The van der Waals surface area contributed by atoms with Crippen LogP contribution in [0.4, 0.5) is 5.69 Å². The average molecular weight is 479 g/mol. The number of nitrogens with zero attached hydrogens (tertiary/aromatic N) is 1. The van der Waals surface area contributed by atoms with Gasteiger partial charge in [0.05, 0.1) is 27.7 Å². The van der Waals surface area contributed by atoms with Crippen molar-refractivity contribution >= 4 is 37.4 Å². The summed E-state index contributed by atoms with van der Waals surface area (Å²) >= 11 is 0. The monoisotopic (exact) mass is 478 g/mol. The van der Waals surface area contributed by atoms with E-state index in [-0.39, 0.29) is 22.0 Å². The molecule has 0 saturated carbocycles. The molecule has 1 saturated heterocycles. The van der Waals surface area contributed by atoms with E-state index in [4.69, 9.17) is 4.74 Å². The van der Waals surface area contributed by atoms with Gasteiger partial charge in [-0.3, -0.25) is 9.10 Å². The standard InChI is InChI=1S/C21H22N2O7S2/c24-20(22-17-9-11-31(26,27)14-17)13-30-21(25)16-5-3-6-18(12-16)32(28,29)23-10-8-15-4-1-2-7-19(15)23/h1-7,12,17H,8-11,13-14H2,(H,22,24)/t17-/m0/s1. The van der Waals surface area contributed by atoms with Gasteiger partial charge in [0.15, 0.2) is 16.4 Å². The lowest BCUT2D eigenvalue weighted by Crippen LogP contribution is -2.38. The number of esters is 1. The van der Waals surface area contributed by atoms with Crippen molar-refractivity contribution < 1.29 is 31.2 Å². The minimum atomic E-state index is -3.88. The quantitative estimate of drug-likeness (QED) is 0.611. The third-order valence-electron chi connectivity index (χ3n) is 5.43. The van der Waals surface area contributed by atoms with Crippen LogP contribution >= 0.6 is 0 Å². The molecule has 2 aliphatic heterocycles. The summed E-state index contributed by atoms with van der Waals surface area (Å²) in [5.41, 5.74) is 1.55. The highest BCUT2D eigenvalue weighted by atomic mass is 32.2. The first kappa shape index (κ1) is 22.3. The number of rotatable bonds is 6. The lowest BCUT2D eigenvalue weighted by atomic mass is 10.2. The maximum absolute atomic E-state index is 13.1. The normalized spacial score (nSPS) is 19.4. The highest BCUT2D eigenvalue weighted by Crippen LogP contribution is 2.32. The molecule has 11 heteroatoms.